The summed E-state index contributed by atoms with van der Waals surface area (Å²) in [5, 5.41) is 43.9. The molecule has 2 aliphatic rings. The van der Waals surface area contributed by atoms with Crippen LogP contribution in [0.5, 0.6) is 5.75 Å². The Balaban J connectivity index is 2.14. The summed E-state index contributed by atoms with van der Waals surface area (Å²) in [6.45, 7) is 12.3. The van der Waals surface area contributed by atoms with Crippen LogP contribution in [0, 0.1) is 11.8 Å². The van der Waals surface area contributed by atoms with E-state index in [1.165, 1.54) is 19.1 Å². The summed E-state index contributed by atoms with van der Waals surface area (Å²) in [4.78, 5) is 96.6. The smallest absolute Gasteiger partial charge is 0.304 e. The zero-order valence-electron chi connectivity index (χ0n) is 32.3. The van der Waals surface area contributed by atoms with E-state index >= 15 is 0 Å². The van der Waals surface area contributed by atoms with Crippen molar-refractivity contribution in [2.75, 3.05) is 6.54 Å². The number of rotatable bonds is 8. The van der Waals surface area contributed by atoms with Crippen LogP contribution < -0.4 is 26.6 Å². The summed E-state index contributed by atoms with van der Waals surface area (Å²) >= 11 is 0. The van der Waals surface area contributed by atoms with Gasteiger partial charge >= 0.3 is 5.97 Å². The van der Waals surface area contributed by atoms with Crippen molar-refractivity contribution in [1.82, 2.24) is 31.5 Å². The van der Waals surface area contributed by atoms with Gasteiger partial charge in [0.05, 0.1) is 42.6 Å². The summed E-state index contributed by atoms with van der Waals surface area (Å²) in [6.07, 6.45) is -2.03. The molecule has 0 radical (unpaired) electrons. The molecule has 0 aliphatic carbocycles. The van der Waals surface area contributed by atoms with Gasteiger partial charge in [0.25, 0.3) is 0 Å². The molecule has 0 spiro atoms. The quantitative estimate of drug-likeness (QED) is 0.182. The van der Waals surface area contributed by atoms with Crippen LogP contribution in [0.15, 0.2) is 24.3 Å². The molecule has 1 aromatic carbocycles. The Kier molecular flexibility index (Phi) is 15.5. The number of carboxylic acids is 1. The number of amides is 5. The predicted molar refractivity (Wildman–Crippen MR) is 198 cm³/mol. The molecule has 1 aromatic rings. The highest BCUT2D eigenvalue weighted by Crippen LogP contribution is 2.24. The number of carboxylic acid groups (broad SMARTS) is 1. The largest absolute Gasteiger partial charge is 0.508 e. The molecule has 54 heavy (non-hydrogen) atoms. The molecule has 16 heteroatoms. The highest BCUT2D eigenvalue weighted by atomic mass is 16.4. The average molecular weight is 759 g/mol. The average Bonchev–Trinajstić information content (AvgIpc) is 3.52. The number of carbonyl (C=O) groups excluding carboxylic acids is 6. The zero-order chi connectivity index (χ0) is 40.5. The van der Waals surface area contributed by atoms with Crippen LogP contribution in [0.2, 0.25) is 0 Å². The lowest BCUT2D eigenvalue weighted by atomic mass is 9.90. The number of nitrogens with zero attached hydrogens (tertiary/aromatic N) is 1. The van der Waals surface area contributed by atoms with Crippen molar-refractivity contribution in [3.63, 3.8) is 0 Å². The number of phenolic OH excluding ortho intramolecular Hbond substituents is 1. The van der Waals surface area contributed by atoms with Crippen molar-refractivity contribution in [3.8, 4) is 5.75 Å². The van der Waals surface area contributed by atoms with Crippen molar-refractivity contribution >= 4 is 41.3 Å². The second-order valence-corrected chi connectivity index (χ2v) is 16.1. The summed E-state index contributed by atoms with van der Waals surface area (Å²) in [6, 6.07) is -0.323. The van der Waals surface area contributed by atoms with Gasteiger partial charge in [0.2, 0.25) is 29.5 Å². The van der Waals surface area contributed by atoms with Crippen LogP contribution in [0.4, 0.5) is 0 Å². The Bertz CT molecular complexity index is 1520. The zero-order valence-corrected chi connectivity index (χ0v) is 32.3. The first-order valence-corrected chi connectivity index (χ1v) is 18.6. The predicted octanol–water partition coefficient (Wildman–Crippen LogP) is 0.522. The van der Waals surface area contributed by atoms with Gasteiger partial charge in [-0.2, -0.15) is 0 Å². The molecule has 300 valence electrons. The van der Waals surface area contributed by atoms with Crippen LogP contribution in [0.25, 0.3) is 0 Å². The fraction of sp³-hybridized carbons (Fsp3) is 0.658. The van der Waals surface area contributed by atoms with Gasteiger partial charge in [-0.05, 0) is 84.0 Å². The van der Waals surface area contributed by atoms with Crippen LogP contribution in [0.3, 0.4) is 0 Å². The lowest BCUT2D eigenvalue weighted by molar-refractivity contribution is -0.143. The summed E-state index contributed by atoms with van der Waals surface area (Å²) in [5.74, 6) is -6.70. The molecule has 0 aromatic heterocycles. The number of hydrogen-bond acceptors (Lipinski definition) is 10. The third-order valence-corrected chi connectivity index (χ3v) is 9.56. The van der Waals surface area contributed by atoms with Gasteiger partial charge in [0.15, 0.2) is 5.78 Å². The number of ketones is 1. The minimum absolute atomic E-state index is 0.00237. The monoisotopic (exact) mass is 758 g/mol. The lowest BCUT2D eigenvalue weighted by Crippen LogP contribution is -2.63. The first-order valence-electron chi connectivity index (χ1n) is 18.6. The molecule has 2 aliphatic heterocycles. The second kappa shape index (κ2) is 19.1. The summed E-state index contributed by atoms with van der Waals surface area (Å²) < 4.78 is 0. The maximum Gasteiger partial charge on any atom is 0.304 e. The van der Waals surface area contributed by atoms with E-state index in [0.29, 0.717) is 24.9 Å². The first kappa shape index (κ1) is 43.8. The van der Waals surface area contributed by atoms with Gasteiger partial charge in [-0.3, -0.25) is 38.5 Å². The normalized spacial score (nSPS) is 27.6. The number of Topliss-reactive ketones (excluding diaryl/α,β-unsaturated/α-hetero) is 1. The number of aliphatic hydroxyl groups excluding tert-OH is 1. The SMILES string of the molecule is CC(C)C[C@@H]1NC(=O)[C@H](Cc2ccc(O)cc2)NC(=O)[C@@H]2CCCN2[C@H](C(=O)NC(C)(C)C)[C@H](C)NC(=O)C[C@H]([C@@H](C)O)NC(=O)[C@H](CC(=O)O)CC1=O. The molecular weight excluding hydrogens is 700 g/mol. The topological polar surface area (TPSA) is 244 Å². The van der Waals surface area contributed by atoms with Gasteiger partial charge in [-0.1, -0.05) is 26.0 Å². The van der Waals surface area contributed by atoms with Crippen molar-refractivity contribution < 1.29 is 48.9 Å². The molecule has 16 nitrogen and oxygen atoms in total. The standard InChI is InChI=1S/C38H58N6O10/c1-20(2)15-27-30(47)17-24(18-32(49)50)34(51)40-26(22(4)45)19-31(48)39-21(3)33(37(54)43-38(5,6)7)44-14-8-9-29(44)36(53)42-28(35(52)41-27)16-23-10-12-25(46)13-11-23/h10-13,20-22,24,26-29,33,45-46H,8-9,14-19H2,1-7H3,(H,39,48)(H,40,51)(H,41,52)(H,42,53)(H,43,54)(H,49,50)/t21-,22+,24-,26+,27-,28-,29-,33-/m0/s1. The van der Waals surface area contributed by atoms with Gasteiger partial charge in [-0.25, -0.2) is 0 Å². The molecule has 0 bridgehead atoms. The highest BCUT2D eigenvalue weighted by molar-refractivity contribution is 5.96. The Labute approximate surface area is 316 Å². The molecule has 2 saturated heterocycles. The molecular formula is C38H58N6O10. The number of aromatic hydroxyl groups is 1. The molecule has 8 atom stereocenters. The third-order valence-electron chi connectivity index (χ3n) is 9.56. The molecule has 8 N–H and O–H groups in total. The van der Waals surface area contributed by atoms with Gasteiger partial charge in [-0.15, -0.1) is 0 Å². The molecule has 2 fully saturated rings. The first-order chi connectivity index (χ1) is 25.1. The highest BCUT2D eigenvalue weighted by Gasteiger charge is 2.44. The summed E-state index contributed by atoms with van der Waals surface area (Å²) in [5.41, 5.74) is -0.0832. The number of carbonyl (C=O) groups is 7. The van der Waals surface area contributed by atoms with Gasteiger partial charge < -0.3 is 41.9 Å². The van der Waals surface area contributed by atoms with E-state index < -0.39 is 114 Å². The van der Waals surface area contributed by atoms with E-state index in [0.717, 1.165) is 0 Å². The van der Waals surface area contributed by atoms with Crippen LogP contribution in [0.1, 0.15) is 92.6 Å². The number of aliphatic carboxylic acids is 1. The lowest BCUT2D eigenvalue weighted by Gasteiger charge is -2.37. The van der Waals surface area contributed by atoms with Crippen molar-refractivity contribution in [2.45, 2.75) is 141 Å². The molecule has 0 unspecified atom stereocenters. The van der Waals surface area contributed by atoms with Gasteiger partial charge in [0.1, 0.15) is 17.8 Å². The number of fused-ring (bicyclic) bond motifs is 1. The Hall–Kier alpha value is -4.57. The fourth-order valence-electron chi connectivity index (χ4n) is 6.96. The van der Waals surface area contributed by atoms with Crippen molar-refractivity contribution in [1.29, 1.82) is 0 Å². The van der Waals surface area contributed by atoms with E-state index in [1.807, 2.05) is 13.8 Å². The second-order valence-electron chi connectivity index (χ2n) is 16.1. The molecule has 0 saturated carbocycles. The summed E-state index contributed by atoms with van der Waals surface area (Å²) in [7, 11) is 0. The van der Waals surface area contributed by atoms with E-state index in [-0.39, 0.29) is 24.5 Å². The third kappa shape index (κ3) is 13.1. The number of aliphatic hydroxyl groups is 1. The van der Waals surface area contributed by atoms with Gasteiger partial charge in [0, 0.05) is 24.8 Å². The minimum atomic E-state index is -1.41. The van der Waals surface area contributed by atoms with E-state index in [2.05, 4.69) is 26.6 Å². The Morgan fingerprint density at radius 2 is 1.54 bits per heavy atom. The maximum absolute atomic E-state index is 14.2. The van der Waals surface area contributed by atoms with Crippen LogP contribution in [-0.2, 0) is 40.0 Å². The Morgan fingerprint density at radius 3 is 2.11 bits per heavy atom. The molecule has 3 rings (SSSR count). The number of phenols is 1. The van der Waals surface area contributed by atoms with E-state index in [4.69, 9.17) is 0 Å². The van der Waals surface area contributed by atoms with Crippen molar-refractivity contribution in [3.05, 3.63) is 29.8 Å². The number of hydrogen-bond donors (Lipinski definition) is 8. The van der Waals surface area contributed by atoms with Crippen LogP contribution >= 0.6 is 0 Å². The number of benzene rings is 1. The molecule has 5 amide bonds. The van der Waals surface area contributed by atoms with Crippen LogP contribution in [-0.4, -0.2) is 116 Å². The van der Waals surface area contributed by atoms with E-state index in [1.54, 1.807) is 44.7 Å². The minimum Gasteiger partial charge on any atom is -0.508 e. The fourth-order valence-corrected chi connectivity index (χ4v) is 6.96. The Morgan fingerprint density at radius 1 is 0.907 bits per heavy atom. The van der Waals surface area contributed by atoms with E-state index in [9.17, 15) is 48.9 Å². The van der Waals surface area contributed by atoms with Crippen molar-refractivity contribution in [2.24, 2.45) is 11.8 Å². The molecule has 2 heterocycles. The number of nitrogens with one attached hydrogen (secondary N) is 5. The maximum atomic E-state index is 14.2.